The molecule has 0 bridgehead atoms. The van der Waals surface area contributed by atoms with Crippen molar-refractivity contribution in [3.8, 4) is 17.0 Å². The number of carbonyl (C=O) groups excluding carboxylic acids is 1. The highest BCUT2D eigenvalue weighted by atomic mass is 19.4. The number of pyridine rings is 1. The van der Waals surface area contributed by atoms with Gasteiger partial charge in [0.2, 0.25) is 0 Å². The van der Waals surface area contributed by atoms with E-state index in [1.807, 2.05) is 6.07 Å². The molecule has 1 amide bonds. The number of halogens is 3. The molecule has 1 unspecified atom stereocenters. The molecule has 6 nitrogen and oxygen atoms in total. The first-order valence-corrected chi connectivity index (χ1v) is 12.0. The molecule has 9 heteroatoms. The molecule has 0 fully saturated rings. The summed E-state index contributed by atoms with van der Waals surface area (Å²) in [5.74, 6) is -0.681. The van der Waals surface area contributed by atoms with E-state index in [0.29, 0.717) is 22.6 Å². The van der Waals surface area contributed by atoms with Crippen molar-refractivity contribution in [2.24, 2.45) is 0 Å². The number of benzene rings is 2. The van der Waals surface area contributed by atoms with E-state index in [1.165, 1.54) is 17.0 Å². The minimum Gasteiger partial charge on any atom is -0.486 e. The molecule has 0 saturated carbocycles. The number of carboxylic acids is 1. The van der Waals surface area contributed by atoms with Gasteiger partial charge < -0.3 is 14.7 Å². The Hall–Kier alpha value is -3.88. The van der Waals surface area contributed by atoms with Crippen molar-refractivity contribution < 1.29 is 32.6 Å². The van der Waals surface area contributed by atoms with Gasteiger partial charge in [-0.05, 0) is 55.3 Å². The van der Waals surface area contributed by atoms with E-state index in [-0.39, 0.29) is 25.0 Å². The summed E-state index contributed by atoms with van der Waals surface area (Å²) in [6.45, 7) is 2.19. The first-order valence-electron chi connectivity index (χ1n) is 12.0. The van der Waals surface area contributed by atoms with Gasteiger partial charge >= 0.3 is 12.1 Å². The van der Waals surface area contributed by atoms with E-state index >= 15 is 0 Å². The fraction of sp³-hybridized carbons (Fsp3) is 0.321. The Bertz CT molecular complexity index is 1180. The SMILES string of the molecule is CCCCC(Oc1ccc(C(=O)N(C)CCC(=O)O)cc1)c1ccc(-c2ccc(C(F)(F)F)cc2)nc1. The predicted octanol–water partition coefficient (Wildman–Crippen LogP) is 6.62. The molecule has 0 aliphatic heterocycles. The van der Waals surface area contributed by atoms with Crippen LogP contribution in [-0.4, -0.2) is 40.5 Å². The Morgan fingerprint density at radius 1 is 1.03 bits per heavy atom. The summed E-state index contributed by atoms with van der Waals surface area (Å²) in [5, 5.41) is 8.80. The Morgan fingerprint density at radius 3 is 2.24 bits per heavy atom. The zero-order chi connectivity index (χ0) is 27.0. The van der Waals surface area contributed by atoms with Crippen molar-refractivity contribution >= 4 is 11.9 Å². The normalized spacial score (nSPS) is 12.1. The van der Waals surface area contributed by atoms with E-state index < -0.39 is 17.7 Å². The molecule has 0 aliphatic rings. The van der Waals surface area contributed by atoms with Crippen molar-refractivity contribution in [2.45, 2.75) is 44.9 Å². The van der Waals surface area contributed by atoms with Crippen LogP contribution in [0.3, 0.4) is 0 Å². The summed E-state index contributed by atoms with van der Waals surface area (Å²) >= 11 is 0. The number of carbonyl (C=O) groups is 2. The average molecular weight is 515 g/mol. The summed E-state index contributed by atoms with van der Waals surface area (Å²) in [6, 6.07) is 15.2. The lowest BCUT2D eigenvalue weighted by Gasteiger charge is -2.20. The lowest BCUT2D eigenvalue weighted by atomic mass is 10.0. The summed E-state index contributed by atoms with van der Waals surface area (Å²) < 4.78 is 44.7. The van der Waals surface area contributed by atoms with Crippen LogP contribution in [0.15, 0.2) is 66.9 Å². The van der Waals surface area contributed by atoms with Gasteiger partial charge in [0.15, 0.2) is 0 Å². The van der Waals surface area contributed by atoms with Crippen molar-refractivity contribution in [3.05, 3.63) is 83.6 Å². The topological polar surface area (TPSA) is 79.7 Å². The number of nitrogens with zero attached hydrogens (tertiary/aromatic N) is 2. The fourth-order valence-corrected chi connectivity index (χ4v) is 3.71. The van der Waals surface area contributed by atoms with E-state index in [0.717, 1.165) is 37.0 Å². The second-order valence-corrected chi connectivity index (χ2v) is 8.70. The number of amides is 1. The third kappa shape index (κ3) is 7.80. The van der Waals surface area contributed by atoms with Crippen LogP contribution in [0.4, 0.5) is 13.2 Å². The number of alkyl halides is 3. The van der Waals surface area contributed by atoms with Gasteiger partial charge in [-0.3, -0.25) is 14.6 Å². The number of hydrogen-bond acceptors (Lipinski definition) is 4. The highest BCUT2D eigenvalue weighted by Gasteiger charge is 2.30. The van der Waals surface area contributed by atoms with Crippen molar-refractivity contribution in [2.75, 3.05) is 13.6 Å². The smallest absolute Gasteiger partial charge is 0.416 e. The van der Waals surface area contributed by atoms with Crippen molar-refractivity contribution in [1.82, 2.24) is 9.88 Å². The summed E-state index contributed by atoms with van der Waals surface area (Å²) in [4.78, 5) is 29.0. The second-order valence-electron chi connectivity index (χ2n) is 8.70. The lowest BCUT2D eigenvalue weighted by Crippen LogP contribution is -2.28. The first kappa shape index (κ1) is 27.7. The molecule has 2 aromatic carbocycles. The third-order valence-corrected chi connectivity index (χ3v) is 5.87. The Balaban J connectivity index is 1.71. The van der Waals surface area contributed by atoms with Gasteiger partial charge in [-0.15, -0.1) is 0 Å². The molecule has 1 heterocycles. The van der Waals surface area contributed by atoms with Crippen molar-refractivity contribution in [3.63, 3.8) is 0 Å². The number of aromatic nitrogens is 1. The van der Waals surface area contributed by atoms with Crippen LogP contribution in [0.25, 0.3) is 11.3 Å². The fourth-order valence-electron chi connectivity index (χ4n) is 3.71. The number of rotatable bonds is 11. The molecule has 196 valence electrons. The van der Waals surface area contributed by atoms with E-state index in [9.17, 15) is 22.8 Å². The third-order valence-electron chi connectivity index (χ3n) is 5.87. The van der Waals surface area contributed by atoms with Crippen LogP contribution in [0.5, 0.6) is 5.75 Å². The van der Waals surface area contributed by atoms with Crippen LogP contribution in [0, 0.1) is 0 Å². The number of hydrogen-bond donors (Lipinski definition) is 1. The summed E-state index contributed by atoms with van der Waals surface area (Å²) in [6.07, 6.45) is -0.535. The quantitative estimate of drug-likeness (QED) is 0.311. The molecular formula is C28H29F3N2O4. The largest absolute Gasteiger partial charge is 0.486 e. The summed E-state index contributed by atoms with van der Waals surface area (Å²) in [5.41, 5.74) is 1.69. The minimum atomic E-state index is -4.39. The maximum Gasteiger partial charge on any atom is 0.416 e. The van der Waals surface area contributed by atoms with Gasteiger partial charge in [-0.2, -0.15) is 13.2 Å². The van der Waals surface area contributed by atoms with Gasteiger partial charge in [-0.1, -0.05) is 31.5 Å². The van der Waals surface area contributed by atoms with E-state index in [2.05, 4.69) is 11.9 Å². The molecule has 0 spiro atoms. The Labute approximate surface area is 213 Å². The van der Waals surface area contributed by atoms with Crippen LogP contribution in [0.2, 0.25) is 0 Å². The van der Waals surface area contributed by atoms with Crippen LogP contribution < -0.4 is 4.74 Å². The second kappa shape index (κ2) is 12.4. The minimum absolute atomic E-state index is 0.112. The zero-order valence-corrected chi connectivity index (χ0v) is 20.7. The van der Waals surface area contributed by atoms with Crippen LogP contribution in [0.1, 0.15) is 60.2 Å². The van der Waals surface area contributed by atoms with Gasteiger partial charge in [-0.25, -0.2) is 0 Å². The van der Waals surface area contributed by atoms with E-state index in [4.69, 9.17) is 9.84 Å². The highest BCUT2D eigenvalue weighted by molar-refractivity contribution is 5.94. The van der Waals surface area contributed by atoms with Gasteiger partial charge in [0.25, 0.3) is 5.91 Å². The van der Waals surface area contributed by atoms with Gasteiger partial charge in [0, 0.05) is 36.5 Å². The average Bonchev–Trinajstić information content (AvgIpc) is 2.89. The number of carboxylic acid groups (broad SMARTS) is 1. The zero-order valence-electron chi connectivity index (χ0n) is 20.7. The Morgan fingerprint density at radius 2 is 1.70 bits per heavy atom. The monoisotopic (exact) mass is 514 g/mol. The molecule has 0 aliphatic carbocycles. The Kier molecular flexibility index (Phi) is 9.27. The molecule has 0 radical (unpaired) electrons. The van der Waals surface area contributed by atoms with Crippen LogP contribution >= 0.6 is 0 Å². The molecule has 1 atom stereocenters. The van der Waals surface area contributed by atoms with Crippen molar-refractivity contribution in [1.29, 1.82) is 0 Å². The highest BCUT2D eigenvalue weighted by Crippen LogP contribution is 2.31. The molecule has 3 rings (SSSR count). The molecule has 37 heavy (non-hydrogen) atoms. The molecule has 1 aromatic heterocycles. The van der Waals surface area contributed by atoms with E-state index in [1.54, 1.807) is 43.6 Å². The predicted molar refractivity (Wildman–Crippen MR) is 133 cm³/mol. The lowest BCUT2D eigenvalue weighted by molar-refractivity contribution is -0.138. The summed E-state index contributed by atoms with van der Waals surface area (Å²) in [7, 11) is 1.55. The number of ether oxygens (including phenoxy) is 1. The molecule has 1 N–H and O–H groups in total. The maximum absolute atomic E-state index is 12.8. The number of aliphatic carboxylic acids is 1. The molecule has 3 aromatic rings. The first-order chi connectivity index (χ1) is 17.6. The molecule has 0 saturated heterocycles. The number of unbranched alkanes of at least 4 members (excludes halogenated alkanes) is 1. The maximum atomic E-state index is 12.8. The van der Waals surface area contributed by atoms with Crippen LogP contribution in [-0.2, 0) is 11.0 Å². The van der Waals surface area contributed by atoms with Gasteiger partial charge in [0.05, 0.1) is 17.7 Å². The molecular weight excluding hydrogens is 485 g/mol. The van der Waals surface area contributed by atoms with Gasteiger partial charge in [0.1, 0.15) is 11.9 Å². The standard InChI is InChI=1S/C28H29F3N2O4/c1-3-4-5-25(37-23-13-8-20(9-14-23)27(36)33(2)17-16-26(34)35)21-10-15-24(32-18-21)19-6-11-22(12-7-19)28(29,30)31/h6-15,18,25H,3-5,16-17H2,1-2H3,(H,34,35).